The van der Waals surface area contributed by atoms with E-state index < -0.39 is 0 Å². The van der Waals surface area contributed by atoms with Gasteiger partial charge in [-0.3, -0.25) is 19.5 Å². The van der Waals surface area contributed by atoms with Crippen LogP contribution in [0.1, 0.15) is 41.3 Å². The lowest BCUT2D eigenvalue weighted by molar-refractivity contribution is -0.127. The second kappa shape index (κ2) is 13.7. The number of methoxy groups -OCH3 is 1. The van der Waals surface area contributed by atoms with E-state index in [-0.39, 0.29) is 5.91 Å². The molecule has 0 aliphatic carbocycles. The van der Waals surface area contributed by atoms with Crippen LogP contribution in [0.4, 0.5) is 0 Å². The molecule has 2 aromatic heterocycles. The molecule has 2 fully saturated rings. The van der Waals surface area contributed by atoms with E-state index in [0.29, 0.717) is 6.04 Å². The first-order chi connectivity index (χ1) is 21.5. The fourth-order valence-corrected chi connectivity index (χ4v) is 6.43. The highest BCUT2D eigenvalue weighted by atomic mass is 16.5. The summed E-state index contributed by atoms with van der Waals surface area (Å²) in [7, 11) is 1.76. The van der Waals surface area contributed by atoms with Crippen molar-refractivity contribution < 1.29 is 9.53 Å². The Morgan fingerprint density at radius 3 is 2.61 bits per heavy atom. The molecule has 9 heteroatoms. The fraction of sp³-hybridized carbons (Fsp3) is 0.400. The van der Waals surface area contributed by atoms with Crippen molar-refractivity contribution in [1.29, 1.82) is 0 Å². The minimum absolute atomic E-state index is 0.0232. The van der Waals surface area contributed by atoms with Gasteiger partial charge in [0.25, 0.3) is 0 Å². The van der Waals surface area contributed by atoms with Crippen LogP contribution in [0.3, 0.4) is 0 Å². The molecule has 0 bridgehead atoms. The number of aromatic nitrogens is 4. The van der Waals surface area contributed by atoms with Crippen LogP contribution in [-0.2, 0) is 16.1 Å². The summed E-state index contributed by atoms with van der Waals surface area (Å²) in [5, 5.41) is 13.6. The maximum Gasteiger partial charge on any atom is 0.246 e. The van der Waals surface area contributed by atoms with Crippen LogP contribution < -0.4 is 0 Å². The zero-order chi connectivity index (χ0) is 30.5. The third-order valence-corrected chi connectivity index (χ3v) is 9.06. The molecule has 2 aromatic carbocycles. The molecule has 0 unspecified atom stereocenters. The van der Waals surface area contributed by atoms with Crippen LogP contribution in [0.2, 0.25) is 0 Å². The first kappa shape index (κ1) is 30.0. The monoisotopic (exact) mass is 593 g/mol. The highest BCUT2D eigenvalue weighted by Gasteiger charge is 2.21. The van der Waals surface area contributed by atoms with E-state index in [9.17, 15) is 4.79 Å². The van der Waals surface area contributed by atoms with Crippen LogP contribution >= 0.6 is 0 Å². The van der Waals surface area contributed by atoms with Gasteiger partial charge in [0.05, 0.1) is 30.1 Å². The van der Waals surface area contributed by atoms with E-state index in [2.05, 4.69) is 98.0 Å². The normalized spacial score (nSPS) is 17.2. The SMILES string of the molecule is C=CC(=O)N1CCN(Cc2ccc(-c3ccc4[nH]nc(/C=C/c5cnn(C6CCN(CCOC)CC6)c5)c4c3)c(C)c2)CC1. The first-order valence-corrected chi connectivity index (χ1v) is 15.7. The minimum atomic E-state index is 0.0232. The summed E-state index contributed by atoms with van der Waals surface area (Å²) < 4.78 is 7.36. The predicted molar refractivity (Wildman–Crippen MR) is 176 cm³/mol. The van der Waals surface area contributed by atoms with Crippen molar-refractivity contribution in [1.82, 2.24) is 34.7 Å². The van der Waals surface area contributed by atoms with Gasteiger partial charge in [-0.15, -0.1) is 0 Å². The molecule has 1 amide bonds. The molecule has 230 valence electrons. The van der Waals surface area contributed by atoms with E-state index in [1.165, 1.54) is 28.3 Å². The number of piperazine rings is 1. The third kappa shape index (κ3) is 6.85. The molecular weight excluding hydrogens is 550 g/mol. The van der Waals surface area contributed by atoms with Crippen molar-refractivity contribution >= 4 is 29.0 Å². The number of aryl methyl sites for hydroxylation is 1. The van der Waals surface area contributed by atoms with Crippen molar-refractivity contribution in [2.24, 2.45) is 0 Å². The van der Waals surface area contributed by atoms with Crippen molar-refractivity contribution in [3.05, 3.63) is 83.8 Å². The molecule has 1 N–H and O–H groups in total. The number of piperidine rings is 1. The van der Waals surface area contributed by atoms with E-state index >= 15 is 0 Å². The number of amides is 1. The quantitative estimate of drug-likeness (QED) is 0.260. The van der Waals surface area contributed by atoms with Gasteiger partial charge in [-0.25, -0.2) is 0 Å². The number of H-pyrrole nitrogens is 1. The topological polar surface area (TPSA) is 82.5 Å². The summed E-state index contributed by atoms with van der Waals surface area (Å²) in [6.45, 7) is 13.9. The van der Waals surface area contributed by atoms with Gasteiger partial charge >= 0.3 is 0 Å². The Kier molecular flexibility index (Phi) is 9.35. The average molecular weight is 594 g/mol. The van der Waals surface area contributed by atoms with Gasteiger partial charge in [-0.1, -0.05) is 30.8 Å². The van der Waals surface area contributed by atoms with Crippen LogP contribution in [-0.4, -0.2) is 100 Å². The largest absolute Gasteiger partial charge is 0.383 e. The third-order valence-electron chi connectivity index (χ3n) is 9.06. The van der Waals surface area contributed by atoms with Gasteiger partial charge in [-0.05, 0) is 72.4 Å². The van der Waals surface area contributed by atoms with Crippen molar-refractivity contribution in [2.75, 3.05) is 59.5 Å². The number of aromatic amines is 1. The molecule has 0 radical (unpaired) electrons. The molecule has 0 atom stereocenters. The minimum Gasteiger partial charge on any atom is -0.383 e. The molecule has 2 aliphatic rings. The molecule has 4 aromatic rings. The van der Waals surface area contributed by atoms with Crippen LogP contribution in [0.5, 0.6) is 0 Å². The summed E-state index contributed by atoms with van der Waals surface area (Å²) >= 11 is 0. The Hall–Kier alpha value is -4.05. The number of rotatable bonds is 10. The summed E-state index contributed by atoms with van der Waals surface area (Å²) in [5.74, 6) is 0.0232. The molecule has 2 saturated heterocycles. The Balaban J connectivity index is 1.10. The zero-order valence-electron chi connectivity index (χ0n) is 25.9. The lowest BCUT2D eigenvalue weighted by Crippen LogP contribution is -2.47. The number of likely N-dealkylation sites (tertiary alicyclic amines) is 1. The molecule has 2 aliphatic heterocycles. The number of carbonyl (C=O) groups is 1. The molecule has 44 heavy (non-hydrogen) atoms. The fourth-order valence-electron chi connectivity index (χ4n) is 6.43. The number of hydrogen-bond acceptors (Lipinski definition) is 6. The number of benzene rings is 2. The van der Waals surface area contributed by atoms with Gasteiger partial charge in [0.15, 0.2) is 0 Å². The molecule has 0 spiro atoms. The number of nitrogens with one attached hydrogen (secondary N) is 1. The number of hydrogen-bond donors (Lipinski definition) is 1. The Morgan fingerprint density at radius 2 is 1.86 bits per heavy atom. The lowest BCUT2D eigenvalue weighted by Gasteiger charge is -2.34. The number of ether oxygens (including phenoxy) is 1. The molecular formula is C35H43N7O2. The van der Waals surface area contributed by atoms with Gasteiger partial charge in [0.1, 0.15) is 0 Å². The van der Waals surface area contributed by atoms with Gasteiger partial charge in [-0.2, -0.15) is 10.2 Å². The van der Waals surface area contributed by atoms with Crippen LogP contribution in [0.25, 0.3) is 34.2 Å². The van der Waals surface area contributed by atoms with Gasteiger partial charge in [0, 0.05) is 76.6 Å². The molecule has 0 saturated carbocycles. The average Bonchev–Trinajstić information content (AvgIpc) is 3.70. The predicted octanol–water partition coefficient (Wildman–Crippen LogP) is 5.02. The second-order valence-corrected chi connectivity index (χ2v) is 12.0. The smallest absolute Gasteiger partial charge is 0.246 e. The summed E-state index contributed by atoms with van der Waals surface area (Å²) in [6.07, 6.45) is 11.9. The standard InChI is InChI=1S/C35H43N7O2/c1-4-35(43)41-17-15-40(16-18-41)24-27-5-8-31(26(2)21-27)29-7-10-34-32(22-29)33(37-38-34)9-6-28-23-36-42(25-28)30-11-13-39(14-12-30)19-20-44-3/h4-10,21-23,25,30H,1,11-20,24H2,2-3H3,(H,37,38)/b9-6+. The van der Waals surface area contributed by atoms with E-state index in [4.69, 9.17) is 4.74 Å². The maximum absolute atomic E-state index is 11.9. The number of carbonyl (C=O) groups excluding carboxylic acids is 1. The maximum atomic E-state index is 11.9. The van der Waals surface area contributed by atoms with Crippen molar-refractivity contribution in [3.63, 3.8) is 0 Å². The highest BCUT2D eigenvalue weighted by Crippen LogP contribution is 2.30. The number of fused-ring (bicyclic) bond motifs is 1. The van der Waals surface area contributed by atoms with Gasteiger partial charge in [0.2, 0.25) is 5.91 Å². The lowest BCUT2D eigenvalue weighted by atomic mass is 9.97. The molecule has 4 heterocycles. The van der Waals surface area contributed by atoms with E-state index in [0.717, 1.165) is 94.0 Å². The van der Waals surface area contributed by atoms with Crippen LogP contribution in [0.15, 0.2) is 61.4 Å². The van der Waals surface area contributed by atoms with E-state index in [1.807, 2.05) is 11.1 Å². The van der Waals surface area contributed by atoms with Gasteiger partial charge < -0.3 is 14.5 Å². The number of nitrogens with zero attached hydrogens (tertiary/aromatic N) is 6. The van der Waals surface area contributed by atoms with E-state index in [1.54, 1.807) is 7.11 Å². The Labute approximate surface area is 259 Å². The second-order valence-electron chi connectivity index (χ2n) is 12.0. The summed E-state index contributed by atoms with van der Waals surface area (Å²) in [5.41, 5.74) is 7.97. The Morgan fingerprint density at radius 1 is 1.05 bits per heavy atom. The van der Waals surface area contributed by atoms with Crippen LogP contribution in [0, 0.1) is 6.92 Å². The molecule has 9 nitrogen and oxygen atoms in total. The Bertz CT molecular complexity index is 1620. The highest BCUT2D eigenvalue weighted by molar-refractivity contribution is 5.92. The summed E-state index contributed by atoms with van der Waals surface area (Å²) in [6, 6.07) is 13.7. The first-order valence-electron chi connectivity index (χ1n) is 15.7. The molecule has 6 rings (SSSR count). The van der Waals surface area contributed by atoms with Crippen molar-refractivity contribution in [3.8, 4) is 11.1 Å². The zero-order valence-corrected chi connectivity index (χ0v) is 25.9. The van der Waals surface area contributed by atoms with Crippen molar-refractivity contribution in [2.45, 2.75) is 32.4 Å². The summed E-state index contributed by atoms with van der Waals surface area (Å²) in [4.78, 5) is 18.6.